The fourth-order valence-corrected chi connectivity index (χ4v) is 1.57. The van der Waals surface area contributed by atoms with Crippen LogP contribution in [0.3, 0.4) is 0 Å². The lowest BCUT2D eigenvalue weighted by atomic mass is 10.1. The number of nitrogens with zero attached hydrogens (tertiary/aromatic N) is 1. The number of ether oxygens (including phenoxy) is 1. The van der Waals surface area contributed by atoms with Gasteiger partial charge in [0.05, 0.1) is 6.54 Å². The van der Waals surface area contributed by atoms with Crippen LogP contribution in [-0.2, 0) is 4.74 Å². The Bertz CT molecular complexity index is 427. The van der Waals surface area contributed by atoms with Gasteiger partial charge >= 0.3 is 0 Å². The molecule has 0 saturated heterocycles. The van der Waals surface area contributed by atoms with Gasteiger partial charge < -0.3 is 10.1 Å². The minimum absolute atomic E-state index is 0.0667. The van der Waals surface area contributed by atoms with Crippen molar-refractivity contribution in [2.75, 3.05) is 19.7 Å². The summed E-state index contributed by atoms with van der Waals surface area (Å²) in [5.41, 5.74) is 1.50. The van der Waals surface area contributed by atoms with Gasteiger partial charge in [-0.1, -0.05) is 6.07 Å². The van der Waals surface area contributed by atoms with E-state index in [1.807, 2.05) is 19.1 Å². The minimum Gasteiger partial charge on any atom is -0.476 e. The zero-order chi connectivity index (χ0) is 11.4. The van der Waals surface area contributed by atoms with E-state index in [4.69, 9.17) is 4.74 Å². The molecule has 1 heterocycles. The number of amides is 1. The highest BCUT2D eigenvalue weighted by atomic mass is 16.5. The van der Waals surface area contributed by atoms with Gasteiger partial charge in [0, 0.05) is 17.7 Å². The van der Waals surface area contributed by atoms with Crippen molar-refractivity contribution in [2.45, 2.75) is 6.92 Å². The van der Waals surface area contributed by atoms with Gasteiger partial charge in [0.25, 0.3) is 5.91 Å². The van der Waals surface area contributed by atoms with Crippen molar-refractivity contribution in [1.29, 1.82) is 0 Å². The normalized spacial score (nSPS) is 14.2. The molecular weight excluding hydrogens is 204 g/mol. The Balaban J connectivity index is 2.22. The summed E-state index contributed by atoms with van der Waals surface area (Å²) in [6, 6.07) is 7.32. The molecular formula is C12H14N2O2. The van der Waals surface area contributed by atoms with Gasteiger partial charge in [0.15, 0.2) is 0 Å². The molecule has 0 bridgehead atoms. The van der Waals surface area contributed by atoms with Crippen molar-refractivity contribution >= 4 is 11.8 Å². The zero-order valence-electron chi connectivity index (χ0n) is 9.19. The summed E-state index contributed by atoms with van der Waals surface area (Å²) in [4.78, 5) is 15.8. The summed E-state index contributed by atoms with van der Waals surface area (Å²) in [6.45, 7) is 3.84. The number of rotatable bonds is 3. The molecule has 1 amide bonds. The van der Waals surface area contributed by atoms with Gasteiger partial charge in [-0.2, -0.15) is 0 Å². The average molecular weight is 218 g/mol. The quantitative estimate of drug-likeness (QED) is 0.829. The van der Waals surface area contributed by atoms with Crippen LogP contribution in [0.1, 0.15) is 22.8 Å². The molecule has 4 nitrogen and oxygen atoms in total. The van der Waals surface area contributed by atoms with Crippen LogP contribution in [-0.4, -0.2) is 31.5 Å². The molecule has 0 radical (unpaired) electrons. The molecule has 1 aliphatic rings. The van der Waals surface area contributed by atoms with Gasteiger partial charge in [-0.05, 0) is 25.1 Å². The first-order valence-corrected chi connectivity index (χ1v) is 5.37. The first kappa shape index (κ1) is 10.7. The highest BCUT2D eigenvalue weighted by molar-refractivity contribution is 5.99. The lowest BCUT2D eigenvalue weighted by Crippen LogP contribution is -2.22. The van der Waals surface area contributed by atoms with Crippen molar-refractivity contribution in [3.63, 3.8) is 0 Å². The second kappa shape index (κ2) is 4.79. The Morgan fingerprint density at radius 2 is 2.44 bits per heavy atom. The smallest absolute Gasteiger partial charge is 0.251 e. The van der Waals surface area contributed by atoms with Gasteiger partial charge in [-0.3, -0.25) is 4.79 Å². The Morgan fingerprint density at radius 3 is 3.12 bits per heavy atom. The average Bonchev–Trinajstić information content (AvgIpc) is 2.83. The third-order valence-corrected chi connectivity index (χ3v) is 2.29. The molecule has 16 heavy (non-hydrogen) atoms. The summed E-state index contributed by atoms with van der Waals surface area (Å²) < 4.78 is 5.35. The lowest BCUT2D eigenvalue weighted by molar-refractivity contribution is 0.0956. The maximum atomic E-state index is 11.6. The van der Waals surface area contributed by atoms with E-state index in [1.165, 1.54) is 0 Å². The molecule has 0 spiro atoms. The fourth-order valence-electron chi connectivity index (χ4n) is 1.57. The number of benzene rings is 1. The molecule has 0 atom stereocenters. The van der Waals surface area contributed by atoms with E-state index in [9.17, 15) is 4.79 Å². The molecule has 84 valence electrons. The molecule has 1 aliphatic heterocycles. The van der Waals surface area contributed by atoms with E-state index >= 15 is 0 Å². The van der Waals surface area contributed by atoms with Gasteiger partial charge in [-0.25, -0.2) is 4.99 Å². The second-order valence-electron chi connectivity index (χ2n) is 3.48. The van der Waals surface area contributed by atoms with Crippen molar-refractivity contribution in [3.8, 4) is 0 Å². The maximum absolute atomic E-state index is 11.6. The summed E-state index contributed by atoms with van der Waals surface area (Å²) in [6.07, 6.45) is 0. The molecule has 1 aromatic rings. The fraction of sp³-hybridized carbons (Fsp3) is 0.333. The highest BCUT2D eigenvalue weighted by Crippen LogP contribution is 2.10. The number of hydrogen-bond donors (Lipinski definition) is 1. The summed E-state index contributed by atoms with van der Waals surface area (Å²) in [5, 5.41) is 2.76. The lowest BCUT2D eigenvalue weighted by Gasteiger charge is -2.05. The van der Waals surface area contributed by atoms with Gasteiger partial charge in [-0.15, -0.1) is 0 Å². The Hall–Kier alpha value is -1.84. The van der Waals surface area contributed by atoms with E-state index < -0.39 is 0 Å². The number of nitrogens with one attached hydrogen (secondary N) is 1. The van der Waals surface area contributed by atoms with E-state index in [-0.39, 0.29) is 5.91 Å². The topological polar surface area (TPSA) is 50.7 Å². The van der Waals surface area contributed by atoms with Crippen molar-refractivity contribution in [3.05, 3.63) is 35.4 Å². The number of hydrogen-bond acceptors (Lipinski definition) is 3. The first-order valence-electron chi connectivity index (χ1n) is 5.37. The maximum Gasteiger partial charge on any atom is 0.251 e. The molecule has 0 aromatic heterocycles. The SMILES string of the molecule is CCNC(=O)c1cccc(C2=NCCO2)c1. The second-order valence-corrected chi connectivity index (χ2v) is 3.48. The summed E-state index contributed by atoms with van der Waals surface area (Å²) >= 11 is 0. The first-order chi connectivity index (χ1) is 7.81. The molecule has 1 aromatic carbocycles. The van der Waals surface area contributed by atoms with Crippen molar-refractivity contribution in [1.82, 2.24) is 5.32 Å². The number of aliphatic imine (C=N–C) groups is 1. The predicted molar refractivity (Wildman–Crippen MR) is 61.8 cm³/mol. The molecule has 0 unspecified atom stereocenters. The molecule has 0 saturated carbocycles. The molecule has 4 heteroatoms. The van der Waals surface area contributed by atoms with Crippen LogP contribution in [0.5, 0.6) is 0 Å². The third-order valence-electron chi connectivity index (χ3n) is 2.29. The standard InChI is InChI=1S/C12H14N2O2/c1-2-13-11(15)9-4-3-5-10(8-9)12-14-6-7-16-12/h3-5,8H,2,6-7H2,1H3,(H,13,15). The minimum atomic E-state index is -0.0667. The van der Waals surface area contributed by atoms with Crippen LogP contribution in [0.2, 0.25) is 0 Å². The van der Waals surface area contributed by atoms with Crippen LogP contribution >= 0.6 is 0 Å². The Labute approximate surface area is 94.3 Å². The number of carbonyl (C=O) groups is 1. The van der Waals surface area contributed by atoms with E-state index in [1.54, 1.807) is 12.1 Å². The van der Waals surface area contributed by atoms with E-state index in [2.05, 4.69) is 10.3 Å². The van der Waals surface area contributed by atoms with Crippen LogP contribution in [0.25, 0.3) is 0 Å². The predicted octanol–water partition coefficient (Wildman–Crippen LogP) is 1.21. The monoisotopic (exact) mass is 218 g/mol. The Morgan fingerprint density at radius 1 is 1.56 bits per heavy atom. The largest absolute Gasteiger partial charge is 0.476 e. The number of carbonyl (C=O) groups excluding carboxylic acids is 1. The van der Waals surface area contributed by atoms with E-state index in [0.717, 1.165) is 5.56 Å². The Kier molecular flexibility index (Phi) is 3.19. The molecule has 0 aliphatic carbocycles. The van der Waals surface area contributed by atoms with Crippen LogP contribution in [0.4, 0.5) is 0 Å². The molecule has 1 N–H and O–H groups in total. The highest BCUT2D eigenvalue weighted by Gasteiger charge is 2.12. The van der Waals surface area contributed by atoms with Crippen molar-refractivity contribution in [2.24, 2.45) is 4.99 Å². The summed E-state index contributed by atoms with van der Waals surface area (Å²) in [5.74, 6) is 0.564. The van der Waals surface area contributed by atoms with Gasteiger partial charge in [0.1, 0.15) is 6.61 Å². The van der Waals surface area contributed by atoms with Crippen LogP contribution < -0.4 is 5.32 Å². The molecule has 0 fully saturated rings. The third kappa shape index (κ3) is 2.21. The molecule has 2 rings (SSSR count). The van der Waals surface area contributed by atoms with Crippen LogP contribution in [0, 0.1) is 0 Å². The zero-order valence-corrected chi connectivity index (χ0v) is 9.19. The summed E-state index contributed by atoms with van der Waals surface area (Å²) in [7, 11) is 0. The van der Waals surface area contributed by atoms with Crippen LogP contribution in [0.15, 0.2) is 29.3 Å². The van der Waals surface area contributed by atoms with Crippen molar-refractivity contribution < 1.29 is 9.53 Å². The van der Waals surface area contributed by atoms with E-state index in [0.29, 0.717) is 31.2 Å². The van der Waals surface area contributed by atoms with Gasteiger partial charge in [0.2, 0.25) is 5.90 Å².